The van der Waals surface area contributed by atoms with Crippen molar-refractivity contribution >= 4 is 23.2 Å². The Hall–Kier alpha value is -3.41. The molecule has 144 valence electrons. The molecule has 1 amide bonds. The van der Waals surface area contributed by atoms with Gasteiger partial charge in [-0.2, -0.15) is 0 Å². The van der Waals surface area contributed by atoms with E-state index in [0.29, 0.717) is 28.8 Å². The molecule has 0 aliphatic heterocycles. The number of carbonyl (C=O) groups excluding carboxylic acids is 1. The number of nitrogens with zero attached hydrogens (tertiary/aromatic N) is 2. The molecule has 0 fully saturated rings. The largest absolute Gasteiger partial charge is 0.497 e. The van der Waals surface area contributed by atoms with Crippen molar-refractivity contribution in [3.05, 3.63) is 70.5 Å². The van der Waals surface area contributed by atoms with Crippen LogP contribution in [0.4, 0.5) is 17.3 Å². The number of hydrogen-bond acceptors (Lipinski definition) is 5. The van der Waals surface area contributed by atoms with E-state index in [1.807, 2.05) is 32.9 Å². The third-order valence-electron chi connectivity index (χ3n) is 4.33. The molecule has 6 heteroatoms. The number of nitrogens with one attached hydrogen (secondary N) is 2. The molecule has 2 N–H and O–H groups in total. The topological polar surface area (TPSA) is 76.1 Å². The standard InChI is InChI=1S/C22H24N4O2/c1-13-9-14(2)20(15(3)10-13)26-22-23-16(4)11-19(25-22)21(27)24-17-7-6-8-18(12-17)28-5/h6-12H,1-5H3,(H,24,27)(H,23,25,26). The van der Waals surface area contributed by atoms with Crippen molar-refractivity contribution in [3.8, 4) is 5.75 Å². The van der Waals surface area contributed by atoms with Crippen molar-refractivity contribution in [1.29, 1.82) is 0 Å². The van der Waals surface area contributed by atoms with Gasteiger partial charge in [-0.25, -0.2) is 9.97 Å². The van der Waals surface area contributed by atoms with E-state index in [1.54, 1.807) is 25.3 Å². The summed E-state index contributed by atoms with van der Waals surface area (Å²) in [6.07, 6.45) is 0. The molecule has 6 nitrogen and oxygen atoms in total. The van der Waals surface area contributed by atoms with E-state index in [2.05, 4.69) is 39.7 Å². The van der Waals surface area contributed by atoms with Crippen molar-refractivity contribution in [2.75, 3.05) is 17.7 Å². The lowest BCUT2D eigenvalue weighted by Crippen LogP contribution is -2.15. The summed E-state index contributed by atoms with van der Waals surface area (Å²) in [4.78, 5) is 21.5. The first-order valence-electron chi connectivity index (χ1n) is 9.01. The van der Waals surface area contributed by atoms with E-state index >= 15 is 0 Å². The zero-order valence-corrected chi connectivity index (χ0v) is 16.8. The van der Waals surface area contributed by atoms with Gasteiger partial charge in [-0.3, -0.25) is 4.79 Å². The Morgan fingerprint density at radius 2 is 1.68 bits per heavy atom. The third kappa shape index (κ3) is 4.46. The second kappa shape index (κ2) is 8.08. The van der Waals surface area contributed by atoms with Crippen molar-refractivity contribution in [2.24, 2.45) is 0 Å². The quantitative estimate of drug-likeness (QED) is 0.674. The van der Waals surface area contributed by atoms with E-state index in [0.717, 1.165) is 16.8 Å². The second-order valence-electron chi connectivity index (χ2n) is 6.80. The van der Waals surface area contributed by atoms with E-state index < -0.39 is 0 Å². The van der Waals surface area contributed by atoms with Crippen molar-refractivity contribution in [3.63, 3.8) is 0 Å². The van der Waals surface area contributed by atoms with Crippen LogP contribution in [0.5, 0.6) is 5.75 Å². The van der Waals surface area contributed by atoms with Crippen LogP contribution in [-0.4, -0.2) is 23.0 Å². The van der Waals surface area contributed by atoms with E-state index in [-0.39, 0.29) is 5.91 Å². The van der Waals surface area contributed by atoms with Gasteiger partial charge in [0.05, 0.1) is 7.11 Å². The lowest BCUT2D eigenvalue weighted by Gasteiger charge is -2.14. The number of aromatic nitrogens is 2. The van der Waals surface area contributed by atoms with Crippen LogP contribution >= 0.6 is 0 Å². The number of benzene rings is 2. The van der Waals surface area contributed by atoms with Crippen molar-refractivity contribution in [1.82, 2.24) is 9.97 Å². The first-order valence-corrected chi connectivity index (χ1v) is 9.01. The summed E-state index contributed by atoms with van der Waals surface area (Å²) < 4.78 is 5.19. The molecule has 0 saturated heterocycles. The molecule has 28 heavy (non-hydrogen) atoms. The normalized spacial score (nSPS) is 10.5. The first-order chi connectivity index (χ1) is 13.4. The molecule has 0 atom stereocenters. The Morgan fingerprint density at radius 1 is 0.964 bits per heavy atom. The minimum Gasteiger partial charge on any atom is -0.497 e. The summed E-state index contributed by atoms with van der Waals surface area (Å²) in [6, 6.07) is 13.0. The van der Waals surface area contributed by atoms with Gasteiger partial charge >= 0.3 is 0 Å². The molecule has 1 heterocycles. The molecule has 0 bridgehead atoms. The molecule has 1 aromatic heterocycles. The highest BCUT2D eigenvalue weighted by Crippen LogP contribution is 2.25. The molecule has 0 aliphatic rings. The number of methoxy groups -OCH3 is 1. The Kier molecular flexibility index (Phi) is 5.59. The van der Waals surface area contributed by atoms with E-state index in [1.165, 1.54) is 5.56 Å². The van der Waals surface area contributed by atoms with Crippen molar-refractivity contribution < 1.29 is 9.53 Å². The lowest BCUT2D eigenvalue weighted by molar-refractivity contribution is 0.102. The highest BCUT2D eigenvalue weighted by Gasteiger charge is 2.13. The highest BCUT2D eigenvalue weighted by atomic mass is 16.5. The number of hydrogen-bond donors (Lipinski definition) is 2. The summed E-state index contributed by atoms with van der Waals surface area (Å²) in [5, 5.41) is 6.11. The Balaban J connectivity index is 1.86. The number of amides is 1. The fourth-order valence-corrected chi connectivity index (χ4v) is 3.13. The maximum Gasteiger partial charge on any atom is 0.274 e. The number of aryl methyl sites for hydroxylation is 4. The zero-order valence-electron chi connectivity index (χ0n) is 16.8. The molecule has 0 saturated carbocycles. The lowest BCUT2D eigenvalue weighted by atomic mass is 10.1. The maximum absolute atomic E-state index is 12.7. The van der Waals surface area contributed by atoms with Gasteiger partial charge in [0.2, 0.25) is 5.95 Å². The van der Waals surface area contributed by atoms with Crippen LogP contribution in [0.3, 0.4) is 0 Å². The highest BCUT2D eigenvalue weighted by molar-refractivity contribution is 6.03. The summed E-state index contributed by atoms with van der Waals surface area (Å²) in [5.74, 6) is 0.759. The predicted octanol–water partition coefficient (Wildman–Crippen LogP) is 4.71. The summed E-state index contributed by atoms with van der Waals surface area (Å²) in [6.45, 7) is 7.97. The molecule has 0 spiro atoms. The molecule has 0 radical (unpaired) electrons. The van der Waals surface area contributed by atoms with E-state index in [9.17, 15) is 4.79 Å². The summed E-state index contributed by atoms with van der Waals surface area (Å²) in [7, 11) is 1.59. The number of ether oxygens (including phenoxy) is 1. The maximum atomic E-state index is 12.7. The minimum atomic E-state index is -0.306. The number of rotatable bonds is 5. The predicted molar refractivity (Wildman–Crippen MR) is 112 cm³/mol. The first kappa shape index (κ1) is 19.4. The molecular formula is C22H24N4O2. The summed E-state index contributed by atoms with van der Waals surface area (Å²) >= 11 is 0. The van der Waals surface area contributed by atoms with Gasteiger partial charge < -0.3 is 15.4 Å². The average Bonchev–Trinajstić information content (AvgIpc) is 2.64. The SMILES string of the molecule is COc1cccc(NC(=O)c2cc(C)nc(Nc3c(C)cc(C)cc3C)n2)c1. The molecule has 0 unspecified atom stereocenters. The van der Waals surface area contributed by atoms with Crippen LogP contribution < -0.4 is 15.4 Å². The van der Waals surface area contributed by atoms with Crippen LogP contribution in [0.25, 0.3) is 0 Å². The van der Waals surface area contributed by atoms with Crippen molar-refractivity contribution in [2.45, 2.75) is 27.7 Å². The van der Waals surface area contributed by atoms with Gasteiger partial charge in [0, 0.05) is 23.1 Å². The van der Waals surface area contributed by atoms with Gasteiger partial charge in [0.15, 0.2) is 0 Å². The van der Waals surface area contributed by atoms with Crippen LogP contribution in [0.1, 0.15) is 32.9 Å². The average molecular weight is 376 g/mol. The second-order valence-corrected chi connectivity index (χ2v) is 6.80. The van der Waals surface area contributed by atoms with Gasteiger partial charge in [-0.05, 0) is 57.0 Å². The Morgan fingerprint density at radius 3 is 2.36 bits per heavy atom. The van der Waals surface area contributed by atoms with Gasteiger partial charge in [-0.15, -0.1) is 0 Å². The zero-order chi connectivity index (χ0) is 20.3. The number of anilines is 3. The van der Waals surface area contributed by atoms with Crippen LogP contribution in [0.15, 0.2) is 42.5 Å². The van der Waals surface area contributed by atoms with Gasteiger partial charge in [0.1, 0.15) is 11.4 Å². The summed E-state index contributed by atoms with van der Waals surface area (Å²) in [5.41, 5.74) is 5.99. The van der Waals surface area contributed by atoms with E-state index in [4.69, 9.17) is 4.74 Å². The molecule has 3 aromatic rings. The Bertz CT molecular complexity index is 1010. The fraction of sp³-hybridized carbons (Fsp3) is 0.227. The monoisotopic (exact) mass is 376 g/mol. The van der Waals surface area contributed by atoms with Crippen LogP contribution in [-0.2, 0) is 0 Å². The van der Waals surface area contributed by atoms with Gasteiger partial charge in [-0.1, -0.05) is 23.8 Å². The Labute approximate surface area is 165 Å². The van der Waals surface area contributed by atoms with Gasteiger partial charge in [0.25, 0.3) is 5.91 Å². The minimum absolute atomic E-state index is 0.292. The molecule has 2 aromatic carbocycles. The van der Waals surface area contributed by atoms with Crippen LogP contribution in [0, 0.1) is 27.7 Å². The fourth-order valence-electron chi connectivity index (χ4n) is 3.13. The third-order valence-corrected chi connectivity index (χ3v) is 4.33. The number of carbonyl (C=O) groups is 1. The molecular weight excluding hydrogens is 352 g/mol. The molecule has 3 rings (SSSR count). The van der Waals surface area contributed by atoms with Crippen LogP contribution in [0.2, 0.25) is 0 Å². The molecule has 0 aliphatic carbocycles. The smallest absolute Gasteiger partial charge is 0.274 e.